The number of likely N-dealkylation sites (N-methyl/N-ethyl adjacent to an activating group) is 2. The normalized spacial score (nSPS) is 18.8. The maximum Gasteiger partial charge on any atom is 0.245 e. The second-order valence-electron chi connectivity index (χ2n) is 17.2. The summed E-state index contributed by atoms with van der Waals surface area (Å²) >= 11 is 0. The highest BCUT2D eigenvalue weighted by molar-refractivity contribution is 5.90. The monoisotopic (exact) mass is 802 g/mol. The number of hydrogen-bond donors (Lipinski definition) is 4. The fourth-order valence-corrected chi connectivity index (χ4v) is 8.17. The Morgan fingerprint density at radius 2 is 1.40 bits per heavy atom. The van der Waals surface area contributed by atoms with Crippen LogP contribution < -0.4 is 21.7 Å². The Morgan fingerprint density at radius 1 is 0.825 bits per heavy atom. The summed E-state index contributed by atoms with van der Waals surface area (Å²) in [6.07, 6.45) is 0.837. The summed E-state index contributed by atoms with van der Waals surface area (Å²) in [4.78, 5) is 74.3. The van der Waals surface area contributed by atoms with Gasteiger partial charge in [0.15, 0.2) is 0 Å². The molecule has 1 aliphatic heterocycles. The van der Waals surface area contributed by atoms with Gasteiger partial charge in [0.25, 0.3) is 0 Å². The van der Waals surface area contributed by atoms with E-state index >= 15 is 0 Å². The van der Waals surface area contributed by atoms with E-state index in [1.165, 1.54) is 7.11 Å². The molecule has 5 amide bonds. The van der Waals surface area contributed by atoms with E-state index in [0.29, 0.717) is 25.2 Å². The number of nitrogens with two attached hydrogens (primary N) is 1. The van der Waals surface area contributed by atoms with Gasteiger partial charge in [-0.25, -0.2) is 0 Å². The predicted molar refractivity (Wildman–Crippen MR) is 225 cm³/mol. The number of hydrogen-bond acceptors (Lipinski definition) is 9. The van der Waals surface area contributed by atoms with Crippen molar-refractivity contribution in [2.24, 2.45) is 29.6 Å². The molecule has 0 radical (unpaired) electrons. The Balaban J connectivity index is 2.25. The van der Waals surface area contributed by atoms with Gasteiger partial charge in [-0.2, -0.15) is 0 Å². The van der Waals surface area contributed by atoms with Gasteiger partial charge in [0, 0.05) is 40.0 Å². The molecule has 14 heteroatoms. The number of benzene rings is 1. The fourth-order valence-electron chi connectivity index (χ4n) is 8.17. The maximum atomic E-state index is 14.3. The van der Waals surface area contributed by atoms with Gasteiger partial charge in [-0.1, -0.05) is 80.9 Å². The van der Waals surface area contributed by atoms with E-state index in [1.807, 2.05) is 86.5 Å². The number of carbonyl (C=O) groups is 5. The van der Waals surface area contributed by atoms with Crippen molar-refractivity contribution in [3.05, 3.63) is 29.8 Å². The van der Waals surface area contributed by atoms with E-state index in [4.69, 9.17) is 15.2 Å². The van der Waals surface area contributed by atoms with E-state index in [-0.39, 0.29) is 65.7 Å². The quantitative estimate of drug-likeness (QED) is 0.128. The molecule has 0 bridgehead atoms. The van der Waals surface area contributed by atoms with E-state index < -0.39 is 42.3 Å². The highest BCUT2D eigenvalue weighted by Crippen LogP contribution is 2.30. The molecule has 57 heavy (non-hydrogen) atoms. The van der Waals surface area contributed by atoms with Crippen LogP contribution in [0.5, 0.6) is 0 Å². The predicted octanol–water partition coefficient (Wildman–Crippen LogP) is 3.67. The number of nitrogens with one attached hydrogen (secondary N) is 3. The molecule has 1 saturated heterocycles. The second-order valence-corrected chi connectivity index (χ2v) is 17.2. The van der Waals surface area contributed by atoms with Crippen molar-refractivity contribution in [3.8, 4) is 0 Å². The van der Waals surface area contributed by atoms with Gasteiger partial charge in [-0.05, 0) is 68.3 Å². The number of nitrogens with zero attached hydrogens (tertiary/aromatic N) is 3. The largest absolute Gasteiger partial charge is 0.399 e. The molecule has 324 valence electrons. The van der Waals surface area contributed by atoms with Crippen molar-refractivity contribution < 1.29 is 33.4 Å². The third-order valence-electron chi connectivity index (χ3n) is 11.6. The summed E-state index contributed by atoms with van der Waals surface area (Å²) in [5.74, 6) is -2.29. The zero-order chi connectivity index (χ0) is 43.3. The van der Waals surface area contributed by atoms with Gasteiger partial charge in [-0.3, -0.25) is 28.9 Å². The summed E-state index contributed by atoms with van der Waals surface area (Å²) in [5.41, 5.74) is 7.31. The first-order valence-corrected chi connectivity index (χ1v) is 20.7. The van der Waals surface area contributed by atoms with Crippen molar-refractivity contribution in [2.75, 3.05) is 47.6 Å². The van der Waals surface area contributed by atoms with Crippen LogP contribution in [0.3, 0.4) is 0 Å². The van der Waals surface area contributed by atoms with Crippen molar-refractivity contribution in [1.82, 2.24) is 30.7 Å². The first-order chi connectivity index (χ1) is 26.7. The fraction of sp³-hybridized carbons (Fsp3) is 0.744. The number of ether oxygens (including phenoxy) is 2. The van der Waals surface area contributed by atoms with Crippen LogP contribution in [0, 0.1) is 29.6 Å². The van der Waals surface area contributed by atoms with E-state index in [1.54, 1.807) is 43.0 Å². The molecule has 2 rings (SSSR count). The van der Waals surface area contributed by atoms with Crippen LogP contribution in [0.15, 0.2) is 24.3 Å². The molecule has 5 N–H and O–H groups in total. The van der Waals surface area contributed by atoms with Crippen LogP contribution >= 0.6 is 0 Å². The molecule has 0 aliphatic carbocycles. The lowest BCUT2D eigenvalue weighted by Crippen LogP contribution is -2.59. The van der Waals surface area contributed by atoms with Crippen LogP contribution in [-0.2, 0) is 40.0 Å². The molecule has 0 saturated carbocycles. The molecule has 0 unspecified atom stereocenters. The number of likely N-dealkylation sites (tertiary alicyclic amines) is 1. The summed E-state index contributed by atoms with van der Waals surface area (Å²) in [6, 6.07) is 4.42. The van der Waals surface area contributed by atoms with Crippen LogP contribution in [-0.4, -0.2) is 129 Å². The number of carbonyl (C=O) groups excluding carboxylic acids is 5. The zero-order valence-corrected chi connectivity index (χ0v) is 37.3. The first-order valence-electron chi connectivity index (χ1n) is 20.7. The van der Waals surface area contributed by atoms with Gasteiger partial charge in [0.2, 0.25) is 29.5 Å². The summed E-state index contributed by atoms with van der Waals surface area (Å²) in [6.45, 7) is 18.1. The Bertz CT molecular complexity index is 1450. The average Bonchev–Trinajstić information content (AvgIpc) is 3.64. The Morgan fingerprint density at radius 3 is 1.89 bits per heavy atom. The standard InChI is InChI=1S/C43H75N7O7/c1-15-28(8)38(49(12)43(55)36(26(4)5)47-42(54)37(27(6)7)48(10)11)33(56-13)23-34(51)50-22-16-17-32(50)39(57-14)29(9)40(52)46-35(25(2)3)41(53)45-24-30-18-20-31(44)21-19-30/h18-21,25-29,32-33,35-39H,15-17,22-24,44H2,1-14H3,(H,45,53)(H,46,52)(H,47,54)/t28-,29+,32-,33+,35-,36-,37-,38-,39+/m0/s1. The SMILES string of the molecule is CC[C@H](C)[C@@H]([C@@H](CC(=O)N1CCC[C@H]1[C@H](OC)[C@@H](C)C(=O)N[C@H](C(=O)NCc1ccc(N)cc1)C(C)C)OC)N(C)C(=O)[C@@H](NC(=O)[C@H](C(C)C)N(C)C)C(C)C. The number of anilines is 1. The van der Waals surface area contributed by atoms with Crippen LogP contribution in [0.4, 0.5) is 5.69 Å². The van der Waals surface area contributed by atoms with Crippen LogP contribution in [0.25, 0.3) is 0 Å². The molecule has 1 heterocycles. The highest BCUT2D eigenvalue weighted by Gasteiger charge is 2.43. The number of methoxy groups -OCH3 is 2. The Kier molecular flexibility index (Phi) is 19.9. The number of amides is 5. The molecule has 14 nitrogen and oxygen atoms in total. The summed E-state index contributed by atoms with van der Waals surface area (Å²) in [7, 11) is 8.53. The third-order valence-corrected chi connectivity index (χ3v) is 11.6. The lowest BCUT2D eigenvalue weighted by atomic mass is 9.89. The molecule has 1 aliphatic rings. The summed E-state index contributed by atoms with van der Waals surface area (Å²) < 4.78 is 12.0. The minimum Gasteiger partial charge on any atom is -0.399 e. The van der Waals surface area contributed by atoms with Crippen molar-refractivity contribution in [2.45, 2.75) is 137 Å². The second kappa shape index (κ2) is 23.0. The van der Waals surface area contributed by atoms with E-state index in [9.17, 15) is 24.0 Å². The minimum atomic E-state index is -0.777. The minimum absolute atomic E-state index is 0.00893. The zero-order valence-electron chi connectivity index (χ0n) is 37.3. The van der Waals surface area contributed by atoms with E-state index in [0.717, 1.165) is 18.4 Å². The van der Waals surface area contributed by atoms with Crippen molar-refractivity contribution >= 4 is 35.2 Å². The highest BCUT2D eigenvalue weighted by atomic mass is 16.5. The lowest BCUT2D eigenvalue weighted by molar-refractivity contribution is -0.148. The molecule has 1 aromatic carbocycles. The topological polar surface area (TPSA) is 176 Å². The van der Waals surface area contributed by atoms with Crippen LogP contribution in [0.2, 0.25) is 0 Å². The first kappa shape index (κ1) is 49.4. The molecule has 1 aromatic rings. The molecule has 1 fully saturated rings. The third kappa shape index (κ3) is 13.4. The molecule has 0 aromatic heterocycles. The van der Waals surface area contributed by atoms with Crippen molar-refractivity contribution in [1.29, 1.82) is 0 Å². The average molecular weight is 802 g/mol. The van der Waals surface area contributed by atoms with Gasteiger partial charge < -0.3 is 41.0 Å². The summed E-state index contributed by atoms with van der Waals surface area (Å²) in [5, 5.41) is 8.90. The van der Waals surface area contributed by atoms with Gasteiger partial charge in [0.1, 0.15) is 12.1 Å². The van der Waals surface area contributed by atoms with Crippen LogP contribution in [0.1, 0.15) is 93.6 Å². The van der Waals surface area contributed by atoms with Gasteiger partial charge >= 0.3 is 0 Å². The molecule has 0 spiro atoms. The Labute approximate surface area is 342 Å². The van der Waals surface area contributed by atoms with Gasteiger partial charge in [0.05, 0.1) is 42.7 Å². The number of nitrogen functional groups attached to an aromatic ring is 1. The number of rotatable bonds is 22. The maximum absolute atomic E-state index is 14.3. The molecular weight excluding hydrogens is 727 g/mol. The van der Waals surface area contributed by atoms with E-state index in [2.05, 4.69) is 16.0 Å². The smallest absolute Gasteiger partial charge is 0.245 e. The lowest BCUT2D eigenvalue weighted by Gasteiger charge is -2.41. The molecular formula is C43H75N7O7. The molecule has 9 atom stereocenters. The Hall–Kier alpha value is -3.75. The van der Waals surface area contributed by atoms with Gasteiger partial charge in [-0.15, -0.1) is 0 Å². The van der Waals surface area contributed by atoms with Crippen molar-refractivity contribution in [3.63, 3.8) is 0 Å².